The van der Waals surface area contributed by atoms with Crippen molar-refractivity contribution in [2.75, 3.05) is 0 Å². The summed E-state index contributed by atoms with van der Waals surface area (Å²) in [6.45, 7) is 0. The molecular formula is C14H14FN3OS. The van der Waals surface area contributed by atoms with Crippen molar-refractivity contribution >= 4 is 17.5 Å². The predicted octanol–water partition coefficient (Wildman–Crippen LogP) is 3.21. The van der Waals surface area contributed by atoms with Crippen molar-refractivity contribution in [3.8, 4) is 11.4 Å². The number of carbonyl (C=O) groups excluding carboxylic acids is 1. The van der Waals surface area contributed by atoms with Gasteiger partial charge in [-0.15, -0.1) is 5.10 Å². The van der Waals surface area contributed by atoms with Crippen molar-refractivity contribution in [2.45, 2.75) is 36.1 Å². The number of H-pyrrole nitrogens is 1. The number of thioether (sulfide) groups is 1. The Labute approximate surface area is 120 Å². The molecule has 20 heavy (non-hydrogen) atoms. The summed E-state index contributed by atoms with van der Waals surface area (Å²) in [5.74, 6) is 0.321. The van der Waals surface area contributed by atoms with Gasteiger partial charge in [0.05, 0.1) is 10.8 Å². The minimum Gasteiger partial charge on any atom is -0.298 e. The fraction of sp³-hybridized carbons (Fsp3) is 0.357. The molecule has 0 saturated heterocycles. The molecule has 1 aromatic heterocycles. The highest BCUT2D eigenvalue weighted by atomic mass is 32.2. The summed E-state index contributed by atoms with van der Waals surface area (Å²) in [4.78, 5) is 16.1. The number of hydrogen-bond donors (Lipinski definition) is 1. The van der Waals surface area contributed by atoms with Gasteiger partial charge in [-0.05, 0) is 25.0 Å². The van der Waals surface area contributed by atoms with Crippen LogP contribution in [0.4, 0.5) is 4.39 Å². The third kappa shape index (κ3) is 2.75. The molecule has 1 heterocycles. The quantitative estimate of drug-likeness (QED) is 0.943. The van der Waals surface area contributed by atoms with Crippen LogP contribution in [0.1, 0.15) is 25.7 Å². The molecule has 1 saturated carbocycles. The molecule has 1 aliphatic carbocycles. The maximum absolute atomic E-state index is 13.7. The van der Waals surface area contributed by atoms with Crippen LogP contribution in [0.3, 0.4) is 0 Å². The number of aromatic amines is 1. The van der Waals surface area contributed by atoms with Crippen LogP contribution >= 0.6 is 11.8 Å². The van der Waals surface area contributed by atoms with Gasteiger partial charge < -0.3 is 0 Å². The molecule has 3 rings (SSSR count). The molecule has 0 aliphatic heterocycles. The van der Waals surface area contributed by atoms with E-state index in [2.05, 4.69) is 15.2 Å². The summed E-state index contributed by atoms with van der Waals surface area (Å²) < 4.78 is 13.7. The lowest BCUT2D eigenvalue weighted by atomic mass is 9.99. The average molecular weight is 291 g/mol. The molecule has 0 spiro atoms. The van der Waals surface area contributed by atoms with E-state index in [4.69, 9.17) is 0 Å². The SMILES string of the molecule is O=C1CCCCC1Sc1n[nH]c(-c2ccccc2F)n1. The van der Waals surface area contributed by atoms with Gasteiger partial charge in [-0.3, -0.25) is 9.89 Å². The normalized spacial score (nSPS) is 19.2. The minimum absolute atomic E-state index is 0.0620. The number of nitrogens with zero attached hydrogens (tertiary/aromatic N) is 2. The summed E-state index contributed by atoms with van der Waals surface area (Å²) in [5, 5.41) is 7.25. The Kier molecular flexibility index (Phi) is 3.82. The third-order valence-corrected chi connectivity index (χ3v) is 4.52. The number of benzene rings is 1. The largest absolute Gasteiger partial charge is 0.298 e. The standard InChI is InChI=1S/C14H14FN3OS/c15-10-6-2-1-5-9(10)13-16-14(18-17-13)20-12-8-4-3-7-11(12)19/h1-2,5-6,12H,3-4,7-8H2,(H,16,17,18). The van der Waals surface area contributed by atoms with Crippen LogP contribution in [0.2, 0.25) is 0 Å². The van der Waals surface area contributed by atoms with Gasteiger partial charge in [0.1, 0.15) is 11.6 Å². The Morgan fingerprint density at radius 2 is 2.15 bits per heavy atom. The summed E-state index contributed by atoms with van der Waals surface area (Å²) in [6, 6.07) is 6.41. The van der Waals surface area contributed by atoms with Crippen LogP contribution in [-0.4, -0.2) is 26.2 Å². The maximum atomic E-state index is 13.7. The summed E-state index contributed by atoms with van der Waals surface area (Å²) in [5.41, 5.74) is 0.391. The lowest BCUT2D eigenvalue weighted by Gasteiger charge is -2.17. The van der Waals surface area contributed by atoms with Crippen LogP contribution < -0.4 is 0 Å². The second-order valence-electron chi connectivity index (χ2n) is 4.77. The molecule has 1 unspecified atom stereocenters. The highest BCUT2D eigenvalue weighted by Crippen LogP contribution is 2.30. The Bertz CT molecular complexity index is 628. The molecule has 0 amide bonds. The number of aromatic nitrogens is 3. The summed E-state index contributed by atoms with van der Waals surface area (Å²) in [6.07, 6.45) is 3.55. The van der Waals surface area contributed by atoms with Crippen LogP contribution in [0.25, 0.3) is 11.4 Å². The Hall–Kier alpha value is -1.69. The molecule has 1 aliphatic rings. The molecule has 2 aromatic rings. The van der Waals surface area contributed by atoms with E-state index in [9.17, 15) is 9.18 Å². The molecule has 6 heteroatoms. The molecule has 1 aromatic carbocycles. The van der Waals surface area contributed by atoms with E-state index in [0.29, 0.717) is 23.0 Å². The van der Waals surface area contributed by atoms with Crippen molar-refractivity contribution in [1.82, 2.24) is 15.2 Å². The number of hydrogen-bond acceptors (Lipinski definition) is 4. The first kappa shape index (κ1) is 13.3. The van der Waals surface area contributed by atoms with E-state index in [0.717, 1.165) is 19.3 Å². The van der Waals surface area contributed by atoms with Crippen LogP contribution in [-0.2, 0) is 4.79 Å². The van der Waals surface area contributed by atoms with E-state index in [1.807, 2.05) is 0 Å². The first-order valence-electron chi connectivity index (χ1n) is 6.61. The number of Topliss-reactive ketones (excluding diaryl/α,β-unsaturated/α-hetero) is 1. The number of halogens is 1. The molecule has 1 N–H and O–H groups in total. The topological polar surface area (TPSA) is 58.6 Å². The van der Waals surface area contributed by atoms with Gasteiger partial charge in [0.25, 0.3) is 0 Å². The van der Waals surface area contributed by atoms with Crippen LogP contribution in [0.15, 0.2) is 29.4 Å². The van der Waals surface area contributed by atoms with Crippen LogP contribution in [0.5, 0.6) is 0 Å². The van der Waals surface area contributed by atoms with Crippen molar-refractivity contribution in [2.24, 2.45) is 0 Å². The average Bonchev–Trinajstić information content (AvgIpc) is 2.90. The van der Waals surface area contributed by atoms with Gasteiger partial charge in [0.15, 0.2) is 5.82 Å². The van der Waals surface area contributed by atoms with Crippen molar-refractivity contribution in [3.63, 3.8) is 0 Å². The monoisotopic (exact) mass is 291 g/mol. The van der Waals surface area contributed by atoms with E-state index in [-0.39, 0.29) is 16.9 Å². The lowest BCUT2D eigenvalue weighted by molar-refractivity contribution is -0.119. The molecule has 1 atom stereocenters. The van der Waals surface area contributed by atoms with Crippen molar-refractivity contribution in [3.05, 3.63) is 30.1 Å². The van der Waals surface area contributed by atoms with Crippen LogP contribution in [0, 0.1) is 5.82 Å². The molecular weight excluding hydrogens is 277 g/mol. The molecule has 0 radical (unpaired) electrons. The summed E-state index contributed by atoms with van der Waals surface area (Å²) in [7, 11) is 0. The van der Waals surface area contributed by atoms with E-state index < -0.39 is 0 Å². The number of ketones is 1. The fourth-order valence-corrected chi connectivity index (χ4v) is 3.31. The van der Waals surface area contributed by atoms with Gasteiger partial charge in [-0.25, -0.2) is 9.37 Å². The lowest BCUT2D eigenvalue weighted by Crippen LogP contribution is -2.21. The zero-order chi connectivity index (χ0) is 13.9. The number of nitrogens with one attached hydrogen (secondary N) is 1. The second kappa shape index (κ2) is 5.75. The van der Waals surface area contributed by atoms with E-state index >= 15 is 0 Å². The smallest absolute Gasteiger partial charge is 0.209 e. The zero-order valence-corrected chi connectivity index (χ0v) is 11.6. The Morgan fingerprint density at radius 3 is 2.95 bits per heavy atom. The number of rotatable bonds is 3. The molecule has 0 bridgehead atoms. The van der Waals surface area contributed by atoms with Crippen molar-refractivity contribution < 1.29 is 9.18 Å². The zero-order valence-electron chi connectivity index (χ0n) is 10.8. The van der Waals surface area contributed by atoms with E-state index in [1.165, 1.54) is 17.8 Å². The Morgan fingerprint density at radius 1 is 1.30 bits per heavy atom. The second-order valence-corrected chi connectivity index (χ2v) is 5.93. The first-order chi connectivity index (χ1) is 9.74. The Balaban J connectivity index is 1.77. The minimum atomic E-state index is -0.339. The highest BCUT2D eigenvalue weighted by molar-refractivity contribution is 8.00. The van der Waals surface area contributed by atoms with Gasteiger partial charge in [0.2, 0.25) is 5.16 Å². The molecule has 1 fully saturated rings. The van der Waals surface area contributed by atoms with Gasteiger partial charge in [0, 0.05) is 6.42 Å². The van der Waals surface area contributed by atoms with Gasteiger partial charge in [-0.2, -0.15) is 0 Å². The fourth-order valence-electron chi connectivity index (χ4n) is 2.28. The van der Waals surface area contributed by atoms with Gasteiger partial charge in [-0.1, -0.05) is 30.3 Å². The predicted molar refractivity (Wildman–Crippen MR) is 74.9 cm³/mol. The third-order valence-electron chi connectivity index (χ3n) is 3.34. The van der Waals surface area contributed by atoms with Crippen molar-refractivity contribution in [1.29, 1.82) is 0 Å². The maximum Gasteiger partial charge on any atom is 0.209 e. The highest BCUT2D eigenvalue weighted by Gasteiger charge is 2.24. The van der Waals surface area contributed by atoms with E-state index in [1.54, 1.807) is 18.2 Å². The molecule has 4 nitrogen and oxygen atoms in total. The molecule has 104 valence electrons. The summed E-state index contributed by atoms with van der Waals surface area (Å²) >= 11 is 1.37. The first-order valence-corrected chi connectivity index (χ1v) is 7.48. The number of carbonyl (C=O) groups is 1. The van der Waals surface area contributed by atoms with Gasteiger partial charge >= 0.3 is 0 Å².